The van der Waals surface area contributed by atoms with Crippen LogP contribution in [0.3, 0.4) is 0 Å². The lowest BCUT2D eigenvalue weighted by Gasteiger charge is -2.27. The van der Waals surface area contributed by atoms with Gasteiger partial charge in [-0.15, -0.1) is 0 Å². The number of pyridine rings is 1. The summed E-state index contributed by atoms with van der Waals surface area (Å²) in [6.45, 7) is 0.469. The van der Waals surface area contributed by atoms with Crippen LogP contribution >= 0.6 is 27.3 Å². The summed E-state index contributed by atoms with van der Waals surface area (Å²) in [4.78, 5) is 24.3. The molecule has 1 aliphatic rings. The van der Waals surface area contributed by atoms with E-state index >= 15 is 0 Å². The molecule has 26 heavy (non-hydrogen) atoms. The van der Waals surface area contributed by atoms with Crippen molar-refractivity contribution in [2.24, 2.45) is 5.92 Å². The first-order valence-electron chi connectivity index (χ1n) is 8.98. The van der Waals surface area contributed by atoms with E-state index in [1.54, 1.807) is 17.5 Å². The maximum atomic E-state index is 13.3. The second-order valence-electron chi connectivity index (χ2n) is 6.69. The van der Waals surface area contributed by atoms with Gasteiger partial charge in [-0.2, -0.15) is 0 Å². The van der Waals surface area contributed by atoms with E-state index in [0.29, 0.717) is 6.54 Å². The number of rotatable bonds is 4. The van der Waals surface area contributed by atoms with Gasteiger partial charge in [0.05, 0.1) is 22.5 Å². The van der Waals surface area contributed by atoms with Crippen LogP contribution in [0.15, 0.2) is 47.1 Å². The normalized spacial score (nSPS) is 15.3. The van der Waals surface area contributed by atoms with E-state index in [1.165, 1.54) is 6.42 Å². The van der Waals surface area contributed by atoms with Crippen LogP contribution in [0.4, 0.5) is 5.13 Å². The van der Waals surface area contributed by atoms with E-state index < -0.39 is 0 Å². The van der Waals surface area contributed by atoms with Crippen molar-refractivity contribution in [3.8, 4) is 0 Å². The highest BCUT2D eigenvalue weighted by Gasteiger charge is 2.29. The third-order valence-corrected chi connectivity index (χ3v) is 6.37. The number of hydrogen-bond acceptors (Lipinski definition) is 4. The Bertz CT molecular complexity index is 906. The molecule has 1 fully saturated rings. The number of benzene rings is 1. The van der Waals surface area contributed by atoms with Gasteiger partial charge in [0.15, 0.2) is 5.13 Å². The van der Waals surface area contributed by atoms with Crippen LogP contribution in [0, 0.1) is 5.92 Å². The average molecular weight is 430 g/mol. The second kappa shape index (κ2) is 7.84. The number of hydrogen-bond donors (Lipinski definition) is 0. The van der Waals surface area contributed by atoms with Crippen LogP contribution < -0.4 is 4.90 Å². The Kier molecular flexibility index (Phi) is 5.31. The molecule has 134 valence electrons. The summed E-state index contributed by atoms with van der Waals surface area (Å²) in [5.41, 5.74) is 1.81. The fraction of sp³-hybridized carbons (Fsp3) is 0.350. The molecule has 0 saturated heterocycles. The minimum Gasteiger partial charge on any atom is -0.282 e. The van der Waals surface area contributed by atoms with Crippen LogP contribution in [-0.2, 0) is 11.3 Å². The van der Waals surface area contributed by atoms with E-state index in [9.17, 15) is 4.79 Å². The topological polar surface area (TPSA) is 46.1 Å². The molecule has 2 aromatic heterocycles. The number of amides is 1. The Morgan fingerprint density at radius 1 is 1.19 bits per heavy atom. The van der Waals surface area contributed by atoms with Gasteiger partial charge >= 0.3 is 0 Å². The summed E-state index contributed by atoms with van der Waals surface area (Å²) in [6, 6.07) is 11.8. The Morgan fingerprint density at radius 3 is 2.81 bits per heavy atom. The minimum atomic E-state index is 0.103. The zero-order valence-electron chi connectivity index (χ0n) is 14.4. The van der Waals surface area contributed by atoms with Gasteiger partial charge in [-0.1, -0.05) is 52.6 Å². The molecular weight excluding hydrogens is 410 g/mol. The third kappa shape index (κ3) is 3.81. The summed E-state index contributed by atoms with van der Waals surface area (Å²) in [6.07, 6.45) is 7.25. The quantitative estimate of drug-likeness (QED) is 0.544. The average Bonchev–Trinajstić information content (AvgIpc) is 3.10. The highest BCUT2D eigenvalue weighted by atomic mass is 79.9. The minimum absolute atomic E-state index is 0.103. The third-order valence-electron chi connectivity index (χ3n) is 4.84. The van der Waals surface area contributed by atoms with Crippen molar-refractivity contribution < 1.29 is 4.79 Å². The van der Waals surface area contributed by atoms with Crippen LogP contribution in [-0.4, -0.2) is 15.9 Å². The van der Waals surface area contributed by atoms with Gasteiger partial charge in [0.1, 0.15) is 0 Å². The SMILES string of the molecule is O=C(C1CCCCC1)N(Cc1ccccn1)c1nc2ccc(Br)cc2s1. The Hall–Kier alpha value is -1.79. The molecule has 1 amide bonds. The van der Waals surface area contributed by atoms with Crippen molar-refractivity contribution in [3.05, 3.63) is 52.8 Å². The van der Waals surface area contributed by atoms with Gasteiger partial charge in [-0.3, -0.25) is 14.7 Å². The first-order valence-corrected chi connectivity index (χ1v) is 10.6. The predicted molar refractivity (Wildman–Crippen MR) is 109 cm³/mol. The molecule has 1 aliphatic carbocycles. The maximum absolute atomic E-state index is 13.3. The van der Waals surface area contributed by atoms with E-state index in [-0.39, 0.29) is 11.8 Å². The summed E-state index contributed by atoms with van der Waals surface area (Å²) in [7, 11) is 0. The van der Waals surface area contributed by atoms with E-state index in [4.69, 9.17) is 4.98 Å². The summed E-state index contributed by atoms with van der Waals surface area (Å²) < 4.78 is 2.10. The van der Waals surface area contributed by atoms with Gasteiger partial charge in [0.2, 0.25) is 5.91 Å². The van der Waals surface area contributed by atoms with Crippen molar-refractivity contribution >= 4 is 48.5 Å². The summed E-state index contributed by atoms with van der Waals surface area (Å²) in [5, 5.41) is 0.763. The molecule has 0 atom stereocenters. The molecule has 0 bridgehead atoms. The smallest absolute Gasteiger partial charge is 0.232 e. The lowest BCUT2D eigenvalue weighted by Crippen LogP contribution is -2.36. The van der Waals surface area contributed by atoms with Crippen LogP contribution in [0.2, 0.25) is 0 Å². The number of halogens is 1. The molecule has 6 heteroatoms. The monoisotopic (exact) mass is 429 g/mol. The van der Waals surface area contributed by atoms with Crippen LogP contribution in [0.1, 0.15) is 37.8 Å². The van der Waals surface area contributed by atoms with Crippen molar-refractivity contribution in [1.29, 1.82) is 0 Å². The standard InChI is InChI=1S/C20H20BrN3OS/c21-15-9-10-17-18(12-15)26-20(23-17)24(13-16-8-4-5-11-22-16)19(25)14-6-2-1-3-7-14/h4-5,8-12,14H,1-3,6-7,13H2. The fourth-order valence-corrected chi connectivity index (χ4v) is 4.99. The number of aromatic nitrogens is 2. The van der Waals surface area contributed by atoms with Crippen molar-refractivity contribution in [2.75, 3.05) is 4.90 Å². The first kappa shape index (κ1) is 17.6. The van der Waals surface area contributed by atoms with E-state index in [2.05, 4.69) is 27.0 Å². The first-order chi connectivity index (χ1) is 12.7. The molecule has 0 unspecified atom stereocenters. The molecule has 0 N–H and O–H groups in total. The Labute approximate surface area is 165 Å². The van der Waals surface area contributed by atoms with Gasteiger partial charge in [-0.25, -0.2) is 4.98 Å². The molecule has 0 spiro atoms. The zero-order chi connectivity index (χ0) is 17.9. The molecule has 0 radical (unpaired) electrons. The highest BCUT2D eigenvalue weighted by molar-refractivity contribution is 9.10. The molecule has 0 aliphatic heterocycles. The lowest BCUT2D eigenvalue weighted by molar-refractivity contribution is -0.123. The maximum Gasteiger partial charge on any atom is 0.232 e. The summed E-state index contributed by atoms with van der Waals surface area (Å²) >= 11 is 5.08. The lowest BCUT2D eigenvalue weighted by atomic mass is 9.88. The van der Waals surface area contributed by atoms with Crippen molar-refractivity contribution in [2.45, 2.75) is 38.6 Å². The Morgan fingerprint density at radius 2 is 2.04 bits per heavy atom. The predicted octanol–water partition coefficient (Wildman–Crippen LogP) is 5.57. The van der Waals surface area contributed by atoms with E-state index in [0.717, 1.165) is 51.2 Å². The molecule has 4 nitrogen and oxygen atoms in total. The van der Waals surface area contributed by atoms with E-state index in [1.807, 2.05) is 35.2 Å². The van der Waals surface area contributed by atoms with Crippen molar-refractivity contribution in [1.82, 2.24) is 9.97 Å². The number of nitrogens with zero attached hydrogens (tertiary/aromatic N) is 3. The number of thiazole rings is 1. The molecule has 3 aromatic rings. The van der Waals surface area contributed by atoms with Gasteiger partial charge in [0.25, 0.3) is 0 Å². The molecule has 2 heterocycles. The van der Waals surface area contributed by atoms with Gasteiger partial charge in [0, 0.05) is 16.6 Å². The molecule has 4 rings (SSSR count). The highest BCUT2D eigenvalue weighted by Crippen LogP contribution is 2.34. The summed E-state index contributed by atoms with van der Waals surface area (Å²) in [5.74, 6) is 0.291. The number of fused-ring (bicyclic) bond motifs is 1. The zero-order valence-corrected chi connectivity index (χ0v) is 16.8. The van der Waals surface area contributed by atoms with Crippen LogP contribution in [0.25, 0.3) is 10.2 Å². The van der Waals surface area contributed by atoms with Gasteiger partial charge in [-0.05, 0) is 43.2 Å². The molecule has 1 aromatic carbocycles. The second-order valence-corrected chi connectivity index (χ2v) is 8.61. The molecule has 1 saturated carbocycles. The van der Waals surface area contributed by atoms with Gasteiger partial charge < -0.3 is 0 Å². The molecular formula is C20H20BrN3OS. The number of carbonyl (C=O) groups excluding carboxylic acids is 1. The number of carbonyl (C=O) groups is 1. The van der Waals surface area contributed by atoms with Crippen LogP contribution in [0.5, 0.6) is 0 Å². The number of anilines is 1. The largest absolute Gasteiger partial charge is 0.282 e. The van der Waals surface area contributed by atoms with Crippen molar-refractivity contribution in [3.63, 3.8) is 0 Å². The fourth-order valence-electron chi connectivity index (χ4n) is 3.47. The Balaban J connectivity index is 1.69.